The minimum atomic E-state index is -0.250. The molecule has 0 aliphatic carbocycles. The molecular formula is C30H21FN2O2. The number of carbonyl (C=O) groups is 1. The molecule has 0 radical (unpaired) electrons. The molecule has 0 unspecified atom stereocenters. The second kappa shape index (κ2) is 7.39. The Morgan fingerprint density at radius 2 is 1.46 bits per heavy atom. The van der Waals surface area contributed by atoms with E-state index in [0.717, 1.165) is 49.4 Å². The van der Waals surface area contributed by atoms with Crippen LogP contribution >= 0.6 is 0 Å². The summed E-state index contributed by atoms with van der Waals surface area (Å²) in [6, 6.07) is 24.7. The molecule has 2 aromatic heterocycles. The average Bonchev–Trinajstić information content (AvgIpc) is 3.60. The Kier molecular flexibility index (Phi) is 4.26. The number of carbonyl (C=O) groups excluding carboxylic acids is 1. The molecule has 1 aliphatic rings. The van der Waals surface area contributed by atoms with Crippen LogP contribution in [-0.4, -0.2) is 10.8 Å². The number of hydrogen-bond acceptors (Lipinski definition) is 3. The maximum Gasteiger partial charge on any atom is 0.254 e. The van der Waals surface area contributed by atoms with Gasteiger partial charge in [0.05, 0.1) is 0 Å². The van der Waals surface area contributed by atoms with Crippen LogP contribution in [0.2, 0.25) is 0 Å². The van der Waals surface area contributed by atoms with Crippen LogP contribution in [0.5, 0.6) is 0 Å². The van der Waals surface area contributed by atoms with Gasteiger partial charge in [-0.15, -0.1) is 0 Å². The summed E-state index contributed by atoms with van der Waals surface area (Å²) in [5, 5.41) is 4.00. The number of hydrogen-bond donors (Lipinski definition) is 1. The van der Waals surface area contributed by atoms with Crippen molar-refractivity contribution in [2.75, 3.05) is 0 Å². The molecule has 6 aromatic rings. The molecule has 0 saturated carbocycles. The number of benzene rings is 5. The highest BCUT2D eigenvalue weighted by Gasteiger charge is 2.26. The lowest BCUT2D eigenvalue weighted by atomic mass is 9.97. The van der Waals surface area contributed by atoms with Gasteiger partial charge in [-0.25, -0.2) is 4.39 Å². The summed E-state index contributed by atoms with van der Waals surface area (Å²) in [4.78, 5) is 15.2. The number of nitrogens with zero attached hydrogens (tertiary/aromatic N) is 1. The van der Waals surface area contributed by atoms with Crippen LogP contribution in [0.3, 0.4) is 0 Å². The maximum atomic E-state index is 13.4. The van der Waals surface area contributed by atoms with Gasteiger partial charge in [0, 0.05) is 46.7 Å². The van der Waals surface area contributed by atoms with Crippen molar-refractivity contribution in [3.63, 3.8) is 0 Å². The number of furan rings is 2. The SMILES string of the molecule is NCc1ccc2c(c1)CN(C(=O)c1ccc3c(c1)c1oc3c3cc(-c4ccc(F)cc4)ccc31)C2. The summed E-state index contributed by atoms with van der Waals surface area (Å²) >= 11 is 0. The van der Waals surface area contributed by atoms with Crippen molar-refractivity contribution in [2.45, 2.75) is 19.6 Å². The Hall–Kier alpha value is -4.22. The first-order chi connectivity index (χ1) is 17.1. The summed E-state index contributed by atoms with van der Waals surface area (Å²) in [5.74, 6) is -0.238. The van der Waals surface area contributed by atoms with Crippen molar-refractivity contribution in [1.82, 2.24) is 4.90 Å². The van der Waals surface area contributed by atoms with Gasteiger partial charge in [-0.2, -0.15) is 0 Å². The highest BCUT2D eigenvalue weighted by molar-refractivity contribution is 6.26. The first kappa shape index (κ1) is 20.2. The highest BCUT2D eigenvalue weighted by atomic mass is 19.1. The summed E-state index contributed by atoms with van der Waals surface area (Å²) in [7, 11) is 0. The van der Waals surface area contributed by atoms with Crippen molar-refractivity contribution in [3.05, 3.63) is 107 Å². The van der Waals surface area contributed by atoms with Crippen LogP contribution in [0.4, 0.5) is 4.39 Å². The van der Waals surface area contributed by atoms with Crippen LogP contribution in [0, 0.1) is 5.82 Å². The number of halogens is 1. The van der Waals surface area contributed by atoms with Crippen LogP contribution < -0.4 is 5.73 Å². The fourth-order valence-electron chi connectivity index (χ4n) is 5.33. The zero-order chi connectivity index (χ0) is 23.7. The quantitative estimate of drug-likeness (QED) is 0.303. The van der Waals surface area contributed by atoms with E-state index in [1.165, 1.54) is 23.3 Å². The number of amides is 1. The second-order valence-corrected chi connectivity index (χ2v) is 9.26. The monoisotopic (exact) mass is 460 g/mol. The zero-order valence-electron chi connectivity index (χ0n) is 18.8. The van der Waals surface area contributed by atoms with E-state index in [0.29, 0.717) is 25.2 Å². The van der Waals surface area contributed by atoms with Crippen molar-refractivity contribution in [3.8, 4) is 11.1 Å². The lowest BCUT2D eigenvalue weighted by Crippen LogP contribution is -2.25. The Morgan fingerprint density at radius 3 is 2.23 bits per heavy atom. The summed E-state index contributed by atoms with van der Waals surface area (Å²) in [6.07, 6.45) is 0. The molecule has 1 aliphatic heterocycles. The standard InChI is InChI=1S/C30H21FN2O2/c31-23-7-3-18(4-8-23)19-5-9-24-26(12-19)28-25-10-6-20(13-27(25)29(24)35-28)30(34)33-15-21-2-1-17(14-32)11-22(21)16-33/h1-13H,14-16,32H2. The molecular weight excluding hydrogens is 439 g/mol. The van der Waals surface area contributed by atoms with Gasteiger partial charge in [0.2, 0.25) is 0 Å². The van der Waals surface area contributed by atoms with E-state index >= 15 is 0 Å². The molecule has 0 fully saturated rings. The minimum absolute atomic E-state index is 0.0125. The molecule has 4 nitrogen and oxygen atoms in total. The third kappa shape index (κ3) is 3.05. The van der Waals surface area contributed by atoms with Crippen LogP contribution in [0.1, 0.15) is 27.0 Å². The molecule has 0 atom stereocenters. The Balaban J connectivity index is 1.25. The molecule has 2 bridgehead atoms. The molecule has 2 N–H and O–H groups in total. The van der Waals surface area contributed by atoms with Crippen molar-refractivity contribution < 1.29 is 13.6 Å². The number of nitrogens with two attached hydrogens (primary N) is 1. The fraction of sp³-hybridized carbons (Fsp3) is 0.100. The minimum Gasteiger partial charge on any atom is -0.455 e. The third-order valence-electron chi connectivity index (χ3n) is 7.16. The Morgan fingerprint density at radius 1 is 0.771 bits per heavy atom. The smallest absolute Gasteiger partial charge is 0.254 e. The van der Waals surface area contributed by atoms with E-state index in [-0.39, 0.29) is 11.7 Å². The predicted octanol–water partition coefficient (Wildman–Crippen LogP) is 6.60. The Bertz CT molecular complexity index is 1770. The molecule has 0 spiro atoms. The van der Waals surface area contributed by atoms with Gasteiger partial charge >= 0.3 is 0 Å². The largest absolute Gasteiger partial charge is 0.455 e. The lowest BCUT2D eigenvalue weighted by molar-refractivity contribution is 0.0751. The van der Waals surface area contributed by atoms with Gasteiger partial charge in [-0.3, -0.25) is 4.79 Å². The molecule has 5 heteroatoms. The van der Waals surface area contributed by atoms with Crippen molar-refractivity contribution in [1.29, 1.82) is 0 Å². The summed E-state index contributed by atoms with van der Waals surface area (Å²) in [5.41, 5.74) is 13.4. The van der Waals surface area contributed by atoms with E-state index in [9.17, 15) is 9.18 Å². The topological polar surface area (TPSA) is 59.5 Å². The predicted molar refractivity (Wildman–Crippen MR) is 136 cm³/mol. The van der Waals surface area contributed by atoms with Crippen LogP contribution in [-0.2, 0) is 19.6 Å². The van der Waals surface area contributed by atoms with E-state index in [1.54, 1.807) is 12.1 Å². The first-order valence-corrected chi connectivity index (χ1v) is 11.7. The third-order valence-corrected chi connectivity index (χ3v) is 7.16. The van der Waals surface area contributed by atoms with E-state index < -0.39 is 0 Å². The van der Waals surface area contributed by atoms with Crippen molar-refractivity contribution >= 4 is 38.6 Å². The van der Waals surface area contributed by atoms with Crippen LogP contribution in [0.25, 0.3) is 43.8 Å². The van der Waals surface area contributed by atoms with E-state index in [1.807, 2.05) is 41.3 Å². The zero-order valence-corrected chi connectivity index (χ0v) is 18.8. The molecule has 0 saturated heterocycles. The van der Waals surface area contributed by atoms with Crippen LogP contribution in [0.15, 0.2) is 83.3 Å². The number of fused-ring (bicyclic) bond motifs is 9. The molecule has 7 rings (SSSR count). The van der Waals surface area contributed by atoms with Gasteiger partial charge in [0.1, 0.15) is 17.0 Å². The summed E-state index contributed by atoms with van der Waals surface area (Å²) < 4.78 is 19.5. The van der Waals surface area contributed by atoms with Gasteiger partial charge in [0.15, 0.2) is 0 Å². The van der Waals surface area contributed by atoms with Gasteiger partial charge in [-0.05, 0) is 70.3 Å². The van der Waals surface area contributed by atoms with Gasteiger partial charge in [-0.1, -0.05) is 36.4 Å². The fourth-order valence-corrected chi connectivity index (χ4v) is 5.33. The van der Waals surface area contributed by atoms with Crippen molar-refractivity contribution in [2.24, 2.45) is 5.73 Å². The first-order valence-electron chi connectivity index (χ1n) is 11.7. The normalized spacial score (nSPS) is 13.4. The molecule has 4 aromatic carbocycles. The maximum absolute atomic E-state index is 13.4. The van der Waals surface area contributed by atoms with Gasteiger partial charge < -0.3 is 15.1 Å². The lowest BCUT2D eigenvalue weighted by Gasteiger charge is -2.15. The van der Waals surface area contributed by atoms with E-state index in [2.05, 4.69) is 18.2 Å². The summed E-state index contributed by atoms with van der Waals surface area (Å²) in [6.45, 7) is 1.70. The molecule has 3 heterocycles. The number of rotatable bonds is 3. The second-order valence-electron chi connectivity index (χ2n) is 9.26. The van der Waals surface area contributed by atoms with Gasteiger partial charge in [0.25, 0.3) is 5.91 Å². The molecule has 35 heavy (non-hydrogen) atoms. The Labute approximate surface area is 200 Å². The average molecular weight is 461 g/mol. The highest BCUT2D eigenvalue weighted by Crippen LogP contribution is 2.42. The molecule has 1 amide bonds. The van der Waals surface area contributed by atoms with E-state index in [4.69, 9.17) is 10.2 Å². The molecule has 170 valence electrons.